The fourth-order valence-electron chi connectivity index (χ4n) is 5.67. The summed E-state index contributed by atoms with van der Waals surface area (Å²) in [6.07, 6.45) is 2.34. The van der Waals surface area contributed by atoms with Crippen LogP contribution in [0.4, 0.5) is 10.1 Å². The number of para-hydroxylation sites is 1. The summed E-state index contributed by atoms with van der Waals surface area (Å²) >= 11 is 6.23. The standard InChI is InChI=1S/C34H28ClFN6O5/c1-17-7-8-19(13-25(17)36)15-37-32(44)28-14-29(33(45)40-26-12-11-20-18(2)21(34(46)47)9-10-22(20)26)42-30(39-28)23(16-38-42)31(43)41-27-6-4-3-5-24(27)35/h3-10,13-14,16,26H,11-12,15H2,1-2H3,(H,37,44)(H,40,45)(H,41,43)(H,46,47)/t26-/m0/s1. The highest BCUT2D eigenvalue weighted by Gasteiger charge is 2.29. The lowest BCUT2D eigenvalue weighted by atomic mass is 9.98. The lowest BCUT2D eigenvalue weighted by Crippen LogP contribution is -2.31. The highest BCUT2D eigenvalue weighted by molar-refractivity contribution is 6.34. The van der Waals surface area contributed by atoms with Gasteiger partial charge in [0.15, 0.2) is 5.65 Å². The quantitative estimate of drug-likeness (QED) is 0.174. The van der Waals surface area contributed by atoms with Crippen LogP contribution in [0.15, 0.2) is 66.9 Å². The highest BCUT2D eigenvalue weighted by Crippen LogP contribution is 2.35. The summed E-state index contributed by atoms with van der Waals surface area (Å²) in [6.45, 7) is 3.36. The Labute approximate surface area is 272 Å². The molecule has 47 heavy (non-hydrogen) atoms. The molecule has 3 amide bonds. The van der Waals surface area contributed by atoms with Crippen molar-refractivity contribution in [3.63, 3.8) is 0 Å². The van der Waals surface area contributed by atoms with E-state index in [1.165, 1.54) is 28.9 Å². The molecule has 6 rings (SSSR count). The van der Waals surface area contributed by atoms with Crippen molar-refractivity contribution in [3.05, 3.63) is 128 Å². The van der Waals surface area contributed by atoms with E-state index in [0.29, 0.717) is 40.2 Å². The Hall–Kier alpha value is -5.62. The van der Waals surface area contributed by atoms with E-state index in [0.717, 1.165) is 11.1 Å². The normalized spacial score (nSPS) is 13.7. The number of aromatic nitrogens is 3. The summed E-state index contributed by atoms with van der Waals surface area (Å²) in [5, 5.41) is 22.5. The Morgan fingerprint density at radius 3 is 2.53 bits per heavy atom. The summed E-state index contributed by atoms with van der Waals surface area (Å²) in [6, 6.07) is 15.3. The van der Waals surface area contributed by atoms with E-state index in [9.17, 15) is 28.7 Å². The van der Waals surface area contributed by atoms with E-state index >= 15 is 0 Å². The van der Waals surface area contributed by atoms with Gasteiger partial charge in [0.05, 0.1) is 28.5 Å². The molecule has 2 heterocycles. The highest BCUT2D eigenvalue weighted by atomic mass is 35.5. The van der Waals surface area contributed by atoms with Gasteiger partial charge in [-0.25, -0.2) is 18.7 Å². The maximum Gasteiger partial charge on any atom is 0.335 e. The van der Waals surface area contributed by atoms with E-state index in [2.05, 4.69) is 26.0 Å². The maximum absolute atomic E-state index is 14.1. The number of carbonyl (C=O) groups excluding carboxylic acids is 3. The number of carbonyl (C=O) groups is 4. The smallest absolute Gasteiger partial charge is 0.335 e. The fourth-order valence-corrected chi connectivity index (χ4v) is 5.85. The lowest BCUT2D eigenvalue weighted by Gasteiger charge is -2.16. The third-order valence-corrected chi connectivity index (χ3v) is 8.55. The summed E-state index contributed by atoms with van der Waals surface area (Å²) in [7, 11) is 0. The molecular weight excluding hydrogens is 627 g/mol. The maximum atomic E-state index is 14.1. The van der Waals surface area contributed by atoms with Crippen molar-refractivity contribution in [1.82, 2.24) is 25.2 Å². The third kappa shape index (κ3) is 6.15. The zero-order chi connectivity index (χ0) is 33.4. The molecule has 3 aromatic carbocycles. The third-order valence-electron chi connectivity index (χ3n) is 8.22. The molecule has 0 bridgehead atoms. The number of amides is 3. The molecule has 0 saturated carbocycles. The predicted molar refractivity (Wildman–Crippen MR) is 171 cm³/mol. The number of carboxylic acids is 1. The van der Waals surface area contributed by atoms with Crippen molar-refractivity contribution in [1.29, 1.82) is 0 Å². The molecule has 1 atom stereocenters. The van der Waals surface area contributed by atoms with Gasteiger partial charge in [0, 0.05) is 12.6 Å². The molecule has 0 unspecified atom stereocenters. The van der Waals surface area contributed by atoms with Gasteiger partial charge in [-0.15, -0.1) is 0 Å². The van der Waals surface area contributed by atoms with E-state index in [4.69, 9.17) is 11.6 Å². The number of nitrogens with zero attached hydrogens (tertiary/aromatic N) is 3. The number of carboxylic acid groups (broad SMARTS) is 1. The fraction of sp³-hybridized carbons (Fsp3) is 0.176. The van der Waals surface area contributed by atoms with Crippen LogP contribution in [0.25, 0.3) is 5.65 Å². The molecule has 11 nitrogen and oxygen atoms in total. The summed E-state index contributed by atoms with van der Waals surface area (Å²) < 4.78 is 15.3. The van der Waals surface area contributed by atoms with Crippen LogP contribution in [0, 0.1) is 19.7 Å². The molecule has 5 aromatic rings. The number of hydrogen-bond donors (Lipinski definition) is 4. The second kappa shape index (κ2) is 12.6. The van der Waals surface area contributed by atoms with E-state index in [-0.39, 0.29) is 34.7 Å². The first kappa shape index (κ1) is 31.4. The Morgan fingerprint density at radius 2 is 1.79 bits per heavy atom. The molecule has 1 aliphatic rings. The first-order valence-corrected chi connectivity index (χ1v) is 15.0. The van der Waals surface area contributed by atoms with Crippen LogP contribution in [0.3, 0.4) is 0 Å². The predicted octanol–water partition coefficient (Wildman–Crippen LogP) is 5.44. The van der Waals surface area contributed by atoms with Crippen LogP contribution in [0.5, 0.6) is 0 Å². The molecule has 0 spiro atoms. The summed E-state index contributed by atoms with van der Waals surface area (Å²) in [5.41, 5.74) is 3.54. The summed E-state index contributed by atoms with van der Waals surface area (Å²) in [5.74, 6) is -3.31. The minimum atomic E-state index is -1.02. The Balaban J connectivity index is 1.34. The Kier molecular flexibility index (Phi) is 8.44. The van der Waals surface area contributed by atoms with E-state index in [1.54, 1.807) is 56.3 Å². The van der Waals surface area contributed by atoms with Crippen molar-refractivity contribution in [2.24, 2.45) is 0 Å². The van der Waals surface area contributed by atoms with Crippen molar-refractivity contribution >= 4 is 46.6 Å². The second-order valence-corrected chi connectivity index (χ2v) is 11.6. The van der Waals surface area contributed by atoms with E-state index < -0.39 is 35.5 Å². The average Bonchev–Trinajstić information content (AvgIpc) is 3.67. The minimum absolute atomic E-state index is 0.0138. The molecule has 13 heteroatoms. The van der Waals surface area contributed by atoms with Crippen LogP contribution in [-0.2, 0) is 13.0 Å². The zero-order valence-corrected chi connectivity index (χ0v) is 26.0. The SMILES string of the molecule is Cc1ccc(CNC(=O)c2cc(C(=O)N[C@H]3CCc4c3ccc(C(=O)O)c4C)n3ncc(C(=O)Nc4ccccc4Cl)c3n2)cc1F. The van der Waals surface area contributed by atoms with Gasteiger partial charge in [-0.1, -0.05) is 41.9 Å². The first-order valence-electron chi connectivity index (χ1n) is 14.7. The number of nitrogens with one attached hydrogen (secondary N) is 3. The monoisotopic (exact) mass is 654 g/mol. The van der Waals surface area contributed by atoms with E-state index in [1.807, 2.05) is 0 Å². The van der Waals surface area contributed by atoms with Gasteiger partial charge >= 0.3 is 5.97 Å². The van der Waals surface area contributed by atoms with Crippen LogP contribution >= 0.6 is 11.6 Å². The number of halogens is 2. The number of aromatic carboxylic acids is 1. The van der Waals surface area contributed by atoms with Gasteiger partial charge in [0.2, 0.25) is 0 Å². The van der Waals surface area contributed by atoms with Gasteiger partial charge in [0.25, 0.3) is 17.7 Å². The second-order valence-electron chi connectivity index (χ2n) is 11.2. The van der Waals surface area contributed by atoms with Crippen LogP contribution < -0.4 is 16.0 Å². The number of anilines is 1. The van der Waals surface area contributed by atoms with Gasteiger partial charge in [0.1, 0.15) is 22.8 Å². The molecule has 0 fully saturated rings. The molecule has 4 N–H and O–H groups in total. The van der Waals surface area contributed by atoms with Crippen LogP contribution in [0.1, 0.15) is 82.0 Å². The van der Waals surface area contributed by atoms with Gasteiger partial charge in [-0.3, -0.25) is 14.4 Å². The number of benzene rings is 3. The van der Waals surface area contributed by atoms with Crippen LogP contribution in [-0.4, -0.2) is 43.4 Å². The largest absolute Gasteiger partial charge is 0.478 e. The number of hydrogen-bond acceptors (Lipinski definition) is 6. The minimum Gasteiger partial charge on any atom is -0.478 e. The molecule has 1 aliphatic carbocycles. The Morgan fingerprint density at radius 1 is 1.00 bits per heavy atom. The van der Waals surface area contributed by atoms with Gasteiger partial charge in [-0.2, -0.15) is 5.10 Å². The van der Waals surface area contributed by atoms with Crippen molar-refractivity contribution in [2.45, 2.75) is 39.3 Å². The van der Waals surface area contributed by atoms with Crippen molar-refractivity contribution in [2.75, 3.05) is 5.32 Å². The molecule has 0 aliphatic heterocycles. The van der Waals surface area contributed by atoms with Crippen LogP contribution in [0.2, 0.25) is 5.02 Å². The molecular formula is C34H28ClFN6O5. The number of rotatable bonds is 8. The van der Waals surface area contributed by atoms with Gasteiger partial charge in [-0.05, 0) is 78.8 Å². The zero-order valence-electron chi connectivity index (χ0n) is 25.2. The lowest BCUT2D eigenvalue weighted by molar-refractivity contribution is 0.0695. The van der Waals surface area contributed by atoms with Gasteiger partial charge < -0.3 is 21.1 Å². The molecule has 238 valence electrons. The molecule has 0 saturated heterocycles. The van der Waals surface area contributed by atoms with Crippen molar-refractivity contribution in [3.8, 4) is 0 Å². The average molecular weight is 655 g/mol. The first-order chi connectivity index (χ1) is 22.5. The van der Waals surface area contributed by atoms with Crippen molar-refractivity contribution < 1.29 is 28.7 Å². The topological polar surface area (TPSA) is 155 Å². The number of aryl methyl sites for hydroxylation is 1. The molecule has 2 aromatic heterocycles. The summed E-state index contributed by atoms with van der Waals surface area (Å²) in [4.78, 5) is 56.6. The molecule has 0 radical (unpaired) electrons. The number of fused-ring (bicyclic) bond motifs is 2. The Bertz CT molecular complexity index is 2110.